The number of nitrogens with zero attached hydrogens (tertiary/aromatic N) is 2. The smallest absolute Gasteiger partial charge is 0.222 e. The van der Waals surface area contributed by atoms with Crippen LogP contribution in [0.3, 0.4) is 0 Å². The monoisotopic (exact) mass is 204 g/mol. The summed E-state index contributed by atoms with van der Waals surface area (Å²) in [6.07, 6.45) is 0. The minimum atomic E-state index is -0.643. The third-order valence-electron chi connectivity index (χ3n) is 1.94. The minimum absolute atomic E-state index is 0.0345. The maximum Gasteiger partial charge on any atom is 0.222 e. The van der Waals surface area contributed by atoms with Gasteiger partial charge in [-0.15, -0.1) is 0 Å². The highest BCUT2D eigenvalue weighted by Crippen LogP contribution is 2.23. The molecule has 2 aromatic rings. The van der Waals surface area contributed by atoms with Crippen LogP contribution in [0.15, 0.2) is 30.3 Å². The average Bonchev–Trinajstić information content (AvgIpc) is 2.24. The fraction of sp³-hybridized carbons (Fsp3) is 0. The molecule has 1 aromatic heterocycles. The number of nitrogen functional groups attached to an aromatic ring is 2. The number of hydrogen-bond acceptors (Lipinski definition) is 4. The number of rotatable bonds is 1. The van der Waals surface area contributed by atoms with Gasteiger partial charge in [-0.2, -0.15) is 4.98 Å². The summed E-state index contributed by atoms with van der Waals surface area (Å²) >= 11 is 0. The molecule has 0 aliphatic heterocycles. The Morgan fingerprint density at radius 1 is 1.00 bits per heavy atom. The quantitative estimate of drug-likeness (QED) is 0.736. The summed E-state index contributed by atoms with van der Waals surface area (Å²) in [5, 5.41) is 0. The van der Waals surface area contributed by atoms with E-state index in [0.717, 1.165) is 0 Å². The molecule has 1 heterocycles. The Kier molecular flexibility index (Phi) is 2.21. The summed E-state index contributed by atoms with van der Waals surface area (Å²) in [6, 6.07) is 8.84. The van der Waals surface area contributed by atoms with Crippen molar-refractivity contribution in [2.45, 2.75) is 0 Å². The molecule has 4 nitrogen and oxygen atoms in total. The van der Waals surface area contributed by atoms with E-state index in [1.54, 1.807) is 24.3 Å². The molecule has 0 atom stereocenters. The van der Waals surface area contributed by atoms with Gasteiger partial charge in [-0.1, -0.05) is 30.3 Å². The van der Waals surface area contributed by atoms with Crippen LogP contribution in [0.1, 0.15) is 0 Å². The summed E-state index contributed by atoms with van der Waals surface area (Å²) in [7, 11) is 0. The molecule has 15 heavy (non-hydrogen) atoms. The van der Waals surface area contributed by atoms with E-state index in [0.29, 0.717) is 5.56 Å². The lowest BCUT2D eigenvalue weighted by Crippen LogP contribution is -2.04. The van der Waals surface area contributed by atoms with E-state index < -0.39 is 5.82 Å². The molecule has 4 N–H and O–H groups in total. The van der Waals surface area contributed by atoms with Crippen LogP contribution in [0.2, 0.25) is 0 Å². The highest BCUT2D eigenvalue weighted by molar-refractivity contribution is 5.64. The molecule has 0 spiro atoms. The number of anilines is 2. The Balaban J connectivity index is 2.63. The number of hydrogen-bond donors (Lipinski definition) is 2. The topological polar surface area (TPSA) is 77.8 Å². The fourth-order valence-electron chi connectivity index (χ4n) is 1.27. The second kappa shape index (κ2) is 3.53. The van der Waals surface area contributed by atoms with Crippen LogP contribution in [0.25, 0.3) is 11.3 Å². The van der Waals surface area contributed by atoms with Crippen molar-refractivity contribution in [1.29, 1.82) is 0 Å². The summed E-state index contributed by atoms with van der Waals surface area (Å²) in [6.45, 7) is 0. The van der Waals surface area contributed by atoms with Crippen LogP contribution in [0.5, 0.6) is 0 Å². The van der Waals surface area contributed by atoms with Crippen molar-refractivity contribution in [2.75, 3.05) is 11.5 Å². The Morgan fingerprint density at radius 3 is 2.33 bits per heavy atom. The van der Waals surface area contributed by atoms with Gasteiger partial charge >= 0.3 is 0 Å². The second-order valence-electron chi connectivity index (χ2n) is 3.00. The first kappa shape index (κ1) is 9.39. The molecule has 0 aliphatic rings. The zero-order valence-electron chi connectivity index (χ0n) is 7.81. The van der Waals surface area contributed by atoms with E-state index in [1.165, 1.54) is 0 Å². The van der Waals surface area contributed by atoms with Crippen LogP contribution in [0, 0.1) is 5.82 Å². The molecule has 0 amide bonds. The summed E-state index contributed by atoms with van der Waals surface area (Å²) in [5.74, 6) is -0.912. The van der Waals surface area contributed by atoms with Gasteiger partial charge in [-0.3, -0.25) is 0 Å². The van der Waals surface area contributed by atoms with Gasteiger partial charge in [0.1, 0.15) is 5.69 Å². The summed E-state index contributed by atoms with van der Waals surface area (Å²) < 4.78 is 13.6. The van der Waals surface area contributed by atoms with E-state index >= 15 is 0 Å². The van der Waals surface area contributed by atoms with Crippen LogP contribution in [-0.2, 0) is 0 Å². The van der Waals surface area contributed by atoms with Gasteiger partial charge in [0.05, 0.1) is 0 Å². The first-order chi connectivity index (χ1) is 7.18. The molecule has 2 rings (SSSR count). The predicted molar refractivity (Wildman–Crippen MR) is 56.3 cm³/mol. The lowest BCUT2D eigenvalue weighted by atomic mass is 10.1. The number of benzene rings is 1. The van der Waals surface area contributed by atoms with Crippen molar-refractivity contribution in [1.82, 2.24) is 9.97 Å². The van der Waals surface area contributed by atoms with Crippen LogP contribution in [0.4, 0.5) is 16.2 Å². The number of aromatic nitrogens is 2. The van der Waals surface area contributed by atoms with E-state index in [9.17, 15) is 4.39 Å². The van der Waals surface area contributed by atoms with Crippen molar-refractivity contribution >= 4 is 11.8 Å². The summed E-state index contributed by atoms with van der Waals surface area (Å²) in [4.78, 5) is 7.34. The van der Waals surface area contributed by atoms with E-state index in [-0.39, 0.29) is 17.5 Å². The SMILES string of the molecule is Nc1nc(N)c(F)c(-c2ccccc2)n1. The van der Waals surface area contributed by atoms with Crippen LogP contribution < -0.4 is 11.5 Å². The molecule has 0 saturated carbocycles. The largest absolute Gasteiger partial charge is 0.381 e. The summed E-state index contributed by atoms with van der Waals surface area (Å²) in [5.41, 5.74) is 11.5. The average molecular weight is 204 g/mol. The van der Waals surface area contributed by atoms with Gasteiger partial charge in [0, 0.05) is 5.56 Å². The molecule has 0 aliphatic carbocycles. The zero-order valence-corrected chi connectivity index (χ0v) is 7.81. The normalized spacial score (nSPS) is 10.2. The molecular formula is C10H9FN4. The van der Waals surface area contributed by atoms with Crippen molar-refractivity contribution < 1.29 is 4.39 Å². The highest BCUT2D eigenvalue weighted by atomic mass is 19.1. The predicted octanol–water partition coefficient (Wildman–Crippen LogP) is 1.45. The Labute approximate surface area is 85.8 Å². The van der Waals surface area contributed by atoms with Crippen molar-refractivity contribution in [3.8, 4) is 11.3 Å². The molecular weight excluding hydrogens is 195 g/mol. The third kappa shape index (κ3) is 1.71. The van der Waals surface area contributed by atoms with Gasteiger partial charge in [0.2, 0.25) is 5.95 Å². The van der Waals surface area contributed by atoms with E-state index in [1.807, 2.05) is 6.07 Å². The highest BCUT2D eigenvalue weighted by Gasteiger charge is 2.12. The lowest BCUT2D eigenvalue weighted by molar-refractivity contribution is 0.625. The van der Waals surface area contributed by atoms with Gasteiger partial charge in [-0.05, 0) is 0 Å². The third-order valence-corrected chi connectivity index (χ3v) is 1.94. The second-order valence-corrected chi connectivity index (χ2v) is 3.00. The number of nitrogens with two attached hydrogens (primary N) is 2. The van der Waals surface area contributed by atoms with Gasteiger partial charge in [0.25, 0.3) is 0 Å². The van der Waals surface area contributed by atoms with Crippen molar-refractivity contribution in [3.05, 3.63) is 36.1 Å². The Morgan fingerprint density at radius 2 is 1.67 bits per heavy atom. The Bertz CT molecular complexity index is 484. The lowest BCUT2D eigenvalue weighted by Gasteiger charge is -2.04. The molecule has 0 bridgehead atoms. The molecule has 1 aromatic carbocycles. The van der Waals surface area contributed by atoms with Crippen molar-refractivity contribution in [2.24, 2.45) is 0 Å². The van der Waals surface area contributed by atoms with Crippen LogP contribution in [-0.4, -0.2) is 9.97 Å². The fourth-order valence-corrected chi connectivity index (χ4v) is 1.27. The molecule has 5 heteroatoms. The molecule has 0 unspecified atom stereocenters. The maximum absolute atomic E-state index is 13.6. The number of halogens is 1. The Hall–Kier alpha value is -2.17. The van der Waals surface area contributed by atoms with Gasteiger partial charge < -0.3 is 11.5 Å². The van der Waals surface area contributed by atoms with Gasteiger partial charge in [0.15, 0.2) is 11.6 Å². The van der Waals surface area contributed by atoms with Gasteiger partial charge in [-0.25, -0.2) is 9.37 Å². The van der Waals surface area contributed by atoms with Crippen molar-refractivity contribution in [3.63, 3.8) is 0 Å². The molecule has 0 saturated heterocycles. The minimum Gasteiger partial charge on any atom is -0.381 e. The maximum atomic E-state index is 13.6. The molecule has 0 fully saturated rings. The molecule has 0 radical (unpaired) electrons. The van der Waals surface area contributed by atoms with E-state index in [2.05, 4.69) is 9.97 Å². The van der Waals surface area contributed by atoms with E-state index in [4.69, 9.17) is 11.5 Å². The molecule has 76 valence electrons. The van der Waals surface area contributed by atoms with Crippen LogP contribution >= 0.6 is 0 Å². The first-order valence-electron chi connectivity index (χ1n) is 4.32. The zero-order chi connectivity index (χ0) is 10.8. The first-order valence-corrected chi connectivity index (χ1v) is 4.32. The standard InChI is InChI=1S/C10H9FN4/c11-7-8(6-4-2-1-3-5-6)14-10(13)15-9(7)12/h1-5H,(H4,12,13,14,15).